The number of aromatic nitrogens is 1. The van der Waals surface area contributed by atoms with Gasteiger partial charge < -0.3 is 14.5 Å². The molecule has 0 atom stereocenters. The first kappa shape index (κ1) is 15.8. The maximum absolute atomic E-state index is 11.9. The number of nitrogens with one attached hydrogen (secondary N) is 1. The van der Waals surface area contributed by atoms with E-state index in [1.54, 1.807) is 25.2 Å². The van der Waals surface area contributed by atoms with Gasteiger partial charge >= 0.3 is 0 Å². The molecule has 1 aromatic heterocycles. The Morgan fingerprint density at radius 1 is 1.12 bits per heavy atom. The third kappa shape index (κ3) is 3.30. The van der Waals surface area contributed by atoms with E-state index in [-0.39, 0.29) is 12.5 Å². The van der Waals surface area contributed by atoms with Crippen LogP contribution in [0.5, 0.6) is 5.75 Å². The standard InChI is InChI=1S/C19H18N2O3/c1-13-16(21-19(24-13)14-8-4-3-5-9-14)12-23-17-11-7-6-10-15(17)18(22)20-2/h3-11H,12H2,1-2H3,(H,20,22). The normalized spacial score (nSPS) is 10.4. The first-order valence-electron chi connectivity index (χ1n) is 7.64. The zero-order chi connectivity index (χ0) is 16.9. The molecule has 1 amide bonds. The summed E-state index contributed by atoms with van der Waals surface area (Å²) < 4.78 is 11.5. The summed E-state index contributed by atoms with van der Waals surface area (Å²) in [5, 5.41) is 2.60. The van der Waals surface area contributed by atoms with Crippen LogP contribution in [0.4, 0.5) is 0 Å². The number of aryl methyl sites for hydroxylation is 1. The molecule has 0 aliphatic heterocycles. The Hall–Kier alpha value is -3.08. The fourth-order valence-electron chi connectivity index (χ4n) is 2.33. The highest BCUT2D eigenvalue weighted by Crippen LogP contribution is 2.24. The molecular formula is C19H18N2O3. The van der Waals surface area contributed by atoms with Gasteiger partial charge in [-0.3, -0.25) is 4.79 Å². The molecule has 1 N–H and O–H groups in total. The van der Waals surface area contributed by atoms with Crippen LogP contribution in [-0.2, 0) is 6.61 Å². The number of carbonyl (C=O) groups is 1. The number of para-hydroxylation sites is 1. The molecule has 24 heavy (non-hydrogen) atoms. The SMILES string of the molecule is CNC(=O)c1ccccc1OCc1nc(-c2ccccc2)oc1C. The molecule has 0 saturated heterocycles. The molecular weight excluding hydrogens is 304 g/mol. The smallest absolute Gasteiger partial charge is 0.254 e. The van der Waals surface area contributed by atoms with Crippen molar-refractivity contribution >= 4 is 5.91 Å². The minimum atomic E-state index is -0.188. The molecule has 5 heteroatoms. The lowest BCUT2D eigenvalue weighted by atomic mass is 10.2. The lowest BCUT2D eigenvalue weighted by molar-refractivity contribution is 0.0958. The van der Waals surface area contributed by atoms with E-state index in [0.717, 1.165) is 5.56 Å². The average Bonchev–Trinajstić information content (AvgIpc) is 3.01. The second kappa shape index (κ2) is 7.00. The molecule has 122 valence electrons. The Morgan fingerprint density at radius 3 is 2.58 bits per heavy atom. The van der Waals surface area contributed by atoms with Crippen molar-refractivity contribution in [2.45, 2.75) is 13.5 Å². The number of rotatable bonds is 5. The van der Waals surface area contributed by atoms with Gasteiger partial charge in [0.05, 0.1) is 5.56 Å². The van der Waals surface area contributed by atoms with Crippen LogP contribution < -0.4 is 10.1 Å². The molecule has 1 heterocycles. The van der Waals surface area contributed by atoms with E-state index < -0.39 is 0 Å². The van der Waals surface area contributed by atoms with Crippen LogP contribution in [0.15, 0.2) is 59.0 Å². The van der Waals surface area contributed by atoms with Gasteiger partial charge in [-0.15, -0.1) is 0 Å². The summed E-state index contributed by atoms with van der Waals surface area (Å²) in [4.78, 5) is 16.4. The van der Waals surface area contributed by atoms with E-state index in [4.69, 9.17) is 9.15 Å². The summed E-state index contributed by atoms with van der Waals surface area (Å²) in [6.45, 7) is 2.08. The summed E-state index contributed by atoms with van der Waals surface area (Å²) in [5.74, 6) is 1.59. The number of benzene rings is 2. The van der Waals surface area contributed by atoms with E-state index in [1.165, 1.54) is 0 Å². The molecule has 0 radical (unpaired) electrons. The molecule has 0 aliphatic carbocycles. The van der Waals surface area contributed by atoms with E-state index in [2.05, 4.69) is 10.3 Å². The van der Waals surface area contributed by atoms with Crippen molar-refractivity contribution in [3.8, 4) is 17.2 Å². The van der Waals surface area contributed by atoms with Gasteiger partial charge in [0.2, 0.25) is 5.89 Å². The minimum Gasteiger partial charge on any atom is -0.486 e. The Labute approximate surface area is 140 Å². The molecule has 0 unspecified atom stereocenters. The number of hydrogen-bond donors (Lipinski definition) is 1. The topological polar surface area (TPSA) is 64.4 Å². The summed E-state index contributed by atoms with van der Waals surface area (Å²) >= 11 is 0. The second-order valence-electron chi connectivity index (χ2n) is 5.25. The van der Waals surface area contributed by atoms with Crippen LogP contribution in [0.3, 0.4) is 0 Å². The summed E-state index contributed by atoms with van der Waals surface area (Å²) in [6.07, 6.45) is 0. The van der Waals surface area contributed by atoms with E-state index in [1.807, 2.05) is 43.3 Å². The fourth-order valence-corrected chi connectivity index (χ4v) is 2.33. The Bertz CT molecular complexity index is 841. The molecule has 0 fully saturated rings. The van der Waals surface area contributed by atoms with Gasteiger partial charge in [-0.25, -0.2) is 4.98 Å². The van der Waals surface area contributed by atoms with E-state index in [0.29, 0.717) is 28.7 Å². The number of ether oxygens (including phenoxy) is 1. The predicted molar refractivity (Wildman–Crippen MR) is 90.8 cm³/mol. The first-order chi connectivity index (χ1) is 11.7. The van der Waals surface area contributed by atoms with Gasteiger partial charge in [0, 0.05) is 12.6 Å². The van der Waals surface area contributed by atoms with Gasteiger partial charge in [0.1, 0.15) is 23.8 Å². The second-order valence-corrected chi connectivity index (χ2v) is 5.25. The van der Waals surface area contributed by atoms with Gasteiger partial charge in [0.15, 0.2) is 0 Å². The highest BCUT2D eigenvalue weighted by atomic mass is 16.5. The lowest BCUT2D eigenvalue weighted by Crippen LogP contribution is -2.18. The predicted octanol–water partition coefficient (Wildman–Crippen LogP) is 3.59. The maximum Gasteiger partial charge on any atom is 0.254 e. The van der Waals surface area contributed by atoms with Crippen molar-refractivity contribution in [3.63, 3.8) is 0 Å². The number of amides is 1. The summed E-state index contributed by atoms with van der Waals surface area (Å²) in [7, 11) is 1.59. The van der Waals surface area contributed by atoms with Crippen molar-refractivity contribution in [1.82, 2.24) is 10.3 Å². The number of nitrogens with zero attached hydrogens (tertiary/aromatic N) is 1. The van der Waals surface area contributed by atoms with Crippen molar-refractivity contribution in [1.29, 1.82) is 0 Å². The van der Waals surface area contributed by atoms with Crippen molar-refractivity contribution < 1.29 is 13.9 Å². The van der Waals surface area contributed by atoms with Gasteiger partial charge in [-0.05, 0) is 31.2 Å². The largest absolute Gasteiger partial charge is 0.486 e. The highest BCUT2D eigenvalue weighted by Gasteiger charge is 2.14. The summed E-state index contributed by atoms with van der Waals surface area (Å²) in [6, 6.07) is 16.8. The fraction of sp³-hybridized carbons (Fsp3) is 0.158. The van der Waals surface area contributed by atoms with Gasteiger partial charge in [-0.1, -0.05) is 30.3 Å². The molecule has 0 aliphatic rings. The van der Waals surface area contributed by atoms with Crippen molar-refractivity contribution in [3.05, 3.63) is 71.6 Å². The van der Waals surface area contributed by atoms with Crippen LogP contribution in [0.25, 0.3) is 11.5 Å². The van der Waals surface area contributed by atoms with Crippen LogP contribution in [0.1, 0.15) is 21.8 Å². The average molecular weight is 322 g/mol. The Balaban J connectivity index is 1.79. The molecule has 0 spiro atoms. The number of hydrogen-bond acceptors (Lipinski definition) is 4. The molecule has 3 aromatic rings. The van der Waals surface area contributed by atoms with Gasteiger partial charge in [0.25, 0.3) is 5.91 Å². The Kier molecular flexibility index (Phi) is 4.61. The van der Waals surface area contributed by atoms with Crippen LogP contribution in [0.2, 0.25) is 0 Å². The van der Waals surface area contributed by atoms with E-state index >= 15 is 0 Å². The van der Waals surface area contributed by atoms with Crippen LogP contribution in [0, 0.1) is 6.92 Å². The molecule has 3 rings (SSSR count). The monoisotopic (exact) mass is 322 g/mol. The highest BCUT2D eigenvalue weighted by molar-refractivity contribution is 5.96. The molecule has 2 aromatic carbocycles. The lowest BCUT2D eigenvalue weighted by Gasteiger charge is -2.09. The third-order valence-electron chi connectivity index (χ3n) is 3.64. The minimum absolute atomic E-state index is 0.188. The van der Waals surface area contributed by atoms with Crippen molar-refractivity contribution in [2.24, 2.45) is 0 Å². The maximum atomic E-state index is 11.9. The van der Waals surface area contributed by atoms with Crippen LogP contribution >= 0.6 is 0 Å². The quantitative estimate of drug-likeness (QED) is 0.779. The number of oxazole rings is 1. The Morgan fingerprint density at radius 2 is 1.83 bits per heavy atom. The zero-order valence-electron chi connectivity index (χ0n) is 13.6. The molecule has 0 saturated carbocycles. The third-order valence-corrected chi connectivity index (χ3v) is 3.64. The molecule has 0 bridgehead atoms. The summed E-state index contributed by atoms with van der Waals surface area (Å²) in [5.41, 5.74) is 2.11. The van der Waals surface area contributed by atoms with E-state index in [9.17, 15) is 4.79 Å². The number of carbonyl (C=O) groups excluding carboxylic acids is 1. The first-order valence-corrected chi connectivity index (χ1v) is 7.64. The zero-order valence-corrected chi connectivity index (χ0v) is 13.6. The van der Waals surface area contributed by atoms with Crippen molar-refractivity contribution in [2.75, 3.05) is 7.05 Å². The van der Waals surface area contributed by atoms with Crippen LogP contribution in [-0.4, -0.2) is 17.9 Å². The molecule has 5 nitrogen and oxygen atoms in total. The van der Waals surface area contributed by atoms with Gasteiger partial charge in [-0.2, -0.15) is 0 Å².